The van der Waals surface area contributed by atoms with E-state index in [0.717, 1.165) is 6.92 Å². The van der Waals surface area contributed by atoms with Gasteiger partial charge in [0.1, 0.15) is 36.3 Å². The number of primary amides is 1. The minimum absolute atomic E-state index is 0.114. The molecule has 92 heavy (non-hydrogen) atoms. The Labute approximate surface area is 537 Å². The zero-order valence-corrected chi connectivity index (χ0v) is 55.2. The van der Waals surface area contributed by atoms with Crippen molar-refractivity contribution in [3.63, 3.8) is 0 Å². The van der Waals surface area contributed by atoms with Gasteiger partial charge >= 0.3 is 5.97 Å². The van der Waals surface area contributed by atoms with Gasteiger partial charge in [0.05, 0.1) is 55.8 Å². The number of benzene rings is 1. The van der Waals surface area contributed by atoms with Crippen LogP contribution >= 0.6 is 0 Å². The molecule has 0 bridgehead atoms. The lowest BCUT2D eigenvalue weighted by molar-refractivity contribution is -0.174. The molecule has 0 heterocycles. The van der Waals surface area contributed by atoms with Crippen molar-refractivity contribution in [3.05, 3.63) is 29.8 Å². The van der Waals surface area contributed by atoms with Gasteiger partial charge < -0.3 is 97.8 Å². The zero-order valence-electron chi connectivity index (χ0n) is 55.2. The van der Waals surface area contributed by atoms with Gasteiger partial charge in [-0.1, -0.05) is 102 Å². The topological polar surface area (TPSA) is 579 Å². The van der Waals surface area contributed by atoms with E-state index in [1.807, 2.05) is 5.32 Å². The number of rotatable bonds is 38. The van der Waals surface area contributed by atoms with Crippen LogP contribution in [0.5, 0.6) is 0 Å². The molecule has 32 nitrogen and oxygen atoms in total. The highest BCUT2D eigenvalue weighted by Gasteiger charge is 2.66. The summed E-state index contributed by atoms with van der Waals surface area (Å²) in [6, 6.07) is -10.2. The van der Waals surface area contributed by atoms with E-state index in [0.29, 0.717) is 5.56 Å². The first kappa shape index (κ1) is 82.3. The van der Waals surface area contributed by atoms with Gasteiger partial charge in [-0.05, 0) is 85.3 Å². The van der Waals surface area contributed by atoms with Gasteiger partial charge in [0, 0.05) is 12.2 Å². The fraction of sp³-hybridized carbons (Fsp3) is 0.683. The third kappa shape index (κ3) is 24.7. The standard InChI is InChI=1S/C60H104N16O16/c1-14-30(6)44(52(87)75-45(31(7)78)51(86)70-26-41(80)71-38(23-40(65)79)50(85)72-39(27-77)55(90)91)74-49(84)37(19-16-20-69-57(67)68)73-56(92)60(48(83)35(63)24-58(8,9)10,42(28(2)3)47(82)34(62)22-32-17-15-18-33(61)21-32)76(53(88)36(64)25-59(11,12)13)54(89)43(66)46(81)29(4)5/h15,17-18,21,28-31,34-39,42-46,77-78,81H,14,16,19-20,22-27,61-64,66H2,1-13H3,(H2,65,79)(H,70,86)(H,71,80)(H,72,85)(H,73,92)(H,74,84)(H,75,87)(H,90,91)(H4,67,68,69)/t30?,31-,34-,35-,36+,37+,38-,39-,42?,43-,44-,45-,46+,60+/m0/s1. The molecule has 0 aliphatic carbocycles. The lowest BCUT2D eigenvalue weighted by Gasteiger charge is -2.49. The lowest BCUT2D eigenvalue weighted by atomic mass is 9.65. The van der Waals surface area contributed by atoms with Gasteiger partial charge in [-0.2, -0.15) is 0 Å². The number of imide groups is 1. The summed E-state index contributed by atoms with van der Waals surface area (Å²) in [4.78, 5) is 173. The summed E-state index contributed by atoms with van der Waals surface area (Å²) < 4.78 is 0. The van der Waals surface area contributed by atoms with Crippen LogP contribution in [-0.4, -0.2) is 194 Å². The zero-order chi connectivity index (χ0) is 71.2. The molecule has 0 saturated carbocycles. The average Bonchev–Trinajstić information content (AvgIpc) is 0.720. The minimum atomic E-state index is -3.50. The second-order valence-corrected chi connectivity index (χ2v) is 26.5. The summed E-state index contributed by atoms with van der Waals surface area (Å²) in [6.45, 7) is 18.0. The van der Waals surface area contributed by atoms with Crippen LogP contribution in [0.4, 0.5) is 5.69 Å². The minimum Gasteiger partial charge on any atom is -0.480 e. The molecule has 1 aromatic rings. The number of carbonyl (C=O) groups excluding carboxylic acids is 11. The molecule has 14 atom stereocenters. The van der Waals surface area contributed by atoms with Crippen LogP contribution in [0.15, 0.2) is 24.3 Å². The van der Waals surface area contributed by atoms with Gasteiger partial charge in [0.25, 0.3) is 5.91 Å². The number of nitrogen functional groups attached to an aromatic ring is 1. The smallest absolute Gasteiger partial charge is 0.328 e. The number of hydrogen-bond donors (Lipinski definition) is 19. The highest BCUT2D eigenvalue weighted by atomic mass is 16.4. The second kappa shape index (κ2) is 36.5. The van der Waals surface area contributed by atoms with Crippen LogP contribution in [0.25, 0.3) is 0 Å². The Hall–Kier alpha value is -7.75. The van der Waals surface area contributed by atoms with Crippen molar-refractivity contribution in [1.29, 1.82) is 5.41 Å². The number of Topliss-reactive ketones (excluding diaryl/α,β-unsaturated/α-hetero) is 2. The number of nitrogens with two attached hydrogens (primary N) is 7. The van der Waals surface area contributed by atoms with Gasteiger partial charge in [-0.3, -0.25) is 63.0 Å². The molecule has 26 N–H and O–H groups in total. The average molecular weight is 1310 g/mol. The third-order valence-corrected chi connectivity index (χ3v) is 15.1. The van der Waals surface area contributed by atoms with E-state index in [9.17, 15) is 49.2 Å². The Morgan fingerprint density at radius 1 is 0.663 bits per heavy atom. The highest BCUT2D eigenvalue weighted by Crippen LogP contribution is 2.39. The first-order valence-electron chi connectivity index (χ1n) is 30.5. The Bertz CT molecular complexity index is 2770. The Morgan fingerprint density at radius 3 is 1.70 bits per heavy atom. The van der Waals surface area contributed by atoms with Gasteiger partial charge in [0.15, 0.2) is 23.1 Å². The number of hydrogen-bond acceptors (Lipinski definition) is 21. The molecule has 1 aromatic carbocycles. The highest BCUT2D eigenvalue weighted by molar-refractivity contribution is 6.23. The van der Waals surface area contributed by atoms with Gasteiger partial charge in [-0.25, -0.2) is 4.79 Å². The fourth-order valence-electron chi connectivity index (χ4n) is 10.3. The number of nitrogens with one attached hydrogen (secondary N) is 8. The number of carboxylic acids is 1. The van der Waals surface area contributed by atoms with Gasteiger partial charge in [0.2, 0.25) is 47.3 Å². The predicted octanol–water partition coefficient (Wildman–Crippen LogP) is -4.30. The van der Waals surface area contributed by atoms with Crippen molar-refractivity contribution in [3.8, 4) is 0 Å². The molecule has 2 unspecified atom stereocenters. The molecule has 0 fully saturated rings. The number of carboxylic acid groups (broad SMARTS) is 1. The largest absolute Gasteiger partial charge is 0.480 e. The first-order valence-corrected chi connectivity index (χ1v) is 30.5. The number of nitrogens with zero attached hydrogens (tertiary/aromatic N) is 1. The SMILES string of the molecule is CCC(C)[C@H](NC(=O)[C@@H](CCCNC(=N)N)NC(=O)[C@](C(=O)[C@@H](N)CC(C)(C)C)(C(C(=O)[C@@H](N)Cc1cccc(N)c1)C(C)C)N(C(=O)[C@H](N)CC(C)(C)C)C(=O)[C@@H](N)[C@H](O)C(C)C)C(=O)N[C@H](C(=O)NCC(=O)N[C@@H](CC(N)=O)C(=O)N[C@@H](CO)C(=O)O)[C@H](C)O. The molecule has 0 aliphatic rings. The third-order valence-electron chi connectivity index (χ3n) is 15.1. The van der Waals surface area contributed by atoms with Crippen LogP contribution < -0.4 is 77.4 Å². The number of ketones is 2. The molecular weight excluding hydrogens is 1200 g/mol. The Morgan fingerprint density at radius 2 is 1.22 bits per heavy atom. The van der Waals surface area contributed by atoms with E-state index < -0.39 is 209 Å². The summed E-state index contributed by atoms with van der Waals surface area (Å²) in [5.74, 6) is -21.4. The summed E-state index contributed by atoms with van der Waals surface area (Å²) in [6.07, 6.45) is -5.68. The van der Waals surface area contributed by atoms with Crippen molar-refractivity contribution >= 4 is 82.3 Å². The van der Waals surface area contributed by atoms with Gasteiger partial charge in [-0.15, -0.1) is 0 Å². The number of aliphatic hydroxyl groups excluding tert-OH is 3. The number of guanidine groups is 1. The van der Waals surface area contributed by atoms with E-state index in [-0.39, 0.29) is 49.2 Å². The van der Waals surface area contributed by atoms with Crippen molar-refractivity contribution < 1.29 is 78.0 Å². The van der Waals surface area contributed by atoms with E-state index in [4.69, 9.17) is 45.5 Å². The molecule has 0 aromatic heterocycles. The van der Waals surface area contributed by atoms with E-state index in [1.54, 1.807) is 66.7 Å². The van der Waals surface area contributed by atoms with Crippen molar-refractivity contribution in [2.24, 2.45) is 68.9 Å². The van der Waals surface area contributed by atoms with Crippen LogP contribution in [-0.2, 0) is 64.0 Å². The number of amides is 9. The fourth-order valence-corrected chi connectivity index (χ4v) is 10.3. The molecule has 32 heteroatoms. The maximum Gasteiger partial charge on any atom is 0.328 e. The molecule has 1 rings (SSSR count). The molecule has 0 saturated heterocycles. The molecular formula is C60H104N16O16. The summed E-state index contributed by atoms with van der Waals surface area (Å²) in [5, 5.41) is 65.0. The van der Waals surface area contributed by atoms with Crippen molar-refractivity contribution in [2.75, 3.05) is 25.4 Å². The molecule has 9 amide bonds. The molecule has 520 valence electrons. The van der Waals surface area contributed by atoms with Crippen LogP contribution in [0.3, 0.4) is 0 Å². The number of anilines is 1. The summed E-state index contributed by atoms with van der Waals surface area (Å²) >= 11 is 0. The normalized spacial score (nSPS) is 16.7. The predicted molar refractivity (Wildman–Crippen MR) is 340 cm³/mol. The maximum absolute atomic E-state index is 16.6. The van der Waals surface area contributed by atoms with E-state index in [1.165, 1.54) is 40.7 Å². The lowest BCUT2D eigenvalue weighted by Crippen LogP contribution is -2.79. The first-order chi connectivity index (χ1) is 42.3. The number of aliphatic hydroxyl groups is 3. The number of carbonyl (C=O) groups is 12. The Kier molecular flexibility index (Phi) is 32.6. The van der Waals surface area contributed by atoms with Crippen LogP contribution in [0.2, 0.25) is 0 Å². The quantitative estimate of drug-likeness (QED) is 0.00979. The molecule has 0 aliphatic heterocycles. The maximum atomic E-state index is 16.6. The van der Waals surface area contributed by atoms with E-state index >= 15 is 28.8 Å². The van der Waals surface area contributed by atoms with Crippen molar-refractivity contribution in [2.45, 2.75) is 207 Å². The number of aliphatic carboxylic acids is 1. The molecule has 0 radical (unpaired) electrons. The summed E-state index contributed by atoms with van der Waals surface area (Å²) in [5.41, 5.74) is 39.5. The Balaban J connectivity index is 4.50. The summed E-state index contributed by atoms with van der Waals surface area (Å²) in [7, 11) is 0. The van der Waals surface area contributed by atoms with E-state index in [2.05, 4.69) is 31.9 Å². The second-order valence-electron chi connectivity index (χ2n) is 26.5. The van der Waals surface area contributed by atoms with Crippen molar-refractivity contribution in [1.82, 2.24) is 42.1 Å². The monoisotopic (exact) mass is 1300 g/mol. The molecule has 0 spiro atoms. The van der Waals surface area contributed by atoms with Crippen LogP contribution in [0.1, 0.15) is 134 Å². The van der Waals surface area contributed by atoms with Crippen LogP contribution in [0, 0.1) is 39.9 Å².